The molecule has 2 aromatic rings. The van der Waals surface area contributed by atoms with Crippen LogP contribution in [0.1, 0.15) is 12.5 Å². The van der Waals surface area contributed by atoms with Crippen molar-refractivity contribution in [1.29, 1.82) is 0 Å². The first kappa shape index (κ1) is 14.9. The number of ether oxygens (including phenoxy) is 1. The van der Waals surface area contributed by atoms with E-state index in [-0.39, 0.29) is 13.2 Å². The molecule has 0 saturated carbocycles. The van der Waals surface area contributed by atoms with Crippen LogP contribution in [0.15, 0.2) is 31.1 Å². The van der Waals surface area contributed by atoms with Gasteiger partial charge in [0.05, 0.1) is 12.8 Å². The summed E-state index contributed by atoms with van der Waals surface area (Å²) < 4.78 is 32.8. The molecule has 1 aromatic heterocycles. The summed E-state index contributed by atoms with van der Waals surface area (Å²) in [6, 6.07) is 2.15. The normalized spacial score (nSPS) is 10.4. The van der Waals surface area contributed by atoms with Crippen LogP contribution in [-0.4, -0.2) is 22.4 Å². The molecule has 0 unspecified atom stereocenters. The summed E-state index contributed by atoms with van der Waals surface area (Å²) in [5.74, 6) is -2.30. The summed E-state index contributed by atoms with van der Waals surface area (Å²) in [6.45, 7) is 5.54. The van der Waals surface area contributed by atoms with Crippen LogP contribution in [-0.2, 0) is 16.1 Å². The number of benzene rings is 1. The van der Waals surface area contributed by atoms with E-state index >= 15 is 0 Å². The van der Waals surface area contributed by atoms with E-state index in [4.69, 9.17) is 4.74 Å². The van der Waals surface area contributed by atoms with E-state index in [1.807, 2.05) is 0 Å². The Balaban J connectivity index is 2.31. The number of nitrogens with zero attached hydrogens (tertiary/aromatic N) is 2. The Kier molecular flexibility index (Phi) is 4.47. The number of hydrogen-bond acceptors (Lipinski definition) is 3. The fourth-order valence-electron chi connectivity index (χ4n) is 1.91. The minimum Gasteiger partial charge on any atom is -0.465 e. The Morgan fingerprint density at radius 1 is 1.43 bits per heavy atom. The summed E-state index contributed by atoms with van der Waals surface area (Å²) in [7, 11) is 0. The number of hydrogen-bond donors (Lipinski definition) is 0. The van der Waals surface area contributed by atoms with Crippen LogP contribution in [0.2, 0.25) is 0 Å². The van der Waals surface area contributed by atoms with Crippen LogP contribution >= 0.6 is 0 Å². The Labute approximate surface area is 120 Å². The largest absolute Gasteiger partial charge is 0.465 e. The van der Waals surface area contributed by atoms with Crippen molar-refractivity contribution in [3.8, 4) is 11.1 Å². The molecule has 0 aliphatic heterocycles. The van der Waals surface area contributed by atoms with Crippen LogP contribution in [0, 0.1) is 11.6 Å². The average molecular weight is 292 g/mol. The van der Waals surface area contributed by atoms with Gasteiger partial charge in [0.1, 0.15) is 6.54 Å². The molecule has 4 nitrogen and oxygen atoms in total. The first-order chi connectivity index (χ1) is 10.0. The molecular weight excluding hydrogens is 278 g/mol. The van der Waals surface area contributed by atoms with Gasteiger partial charge in [-0.25, -0.2) is 8.78 Å². The molecule has 2 rings (SSSR count). The van der Waals surface area contributed by atoms with E-state index in [0.717, 1.165) is 12.1 Å². The third-order valence-electron chi connectivity index (χ3n) is 2.85. The van der Waals surface area contributed by atoms with Crippen molar-refractivity contribution in [3.05, 3.63) is 48.3 Å². The van der Waals surface area contributed by atoms with E-state index in [1.54, 1.807) is 13.1 Å². The lowest BCUT2D eigenvalue weighted by Crippen LogP contribution is -2.13. The van der Waals surface area contributed by atoms with Gasteiger partial charge in [-0.05, 0) is 30.2 Å². The number of carbonyl (C=O) groups excluding carboxylic acids is 1. The number of esters is 1. The lowest BCUT2D eigenvalue weighted by Gasteiger charge is -2.05. The highest BCUT2D eigenvalue weighted by molar-refractivity contribution is 5.74. The maximum atomic E-state index is 13.4. The number of rotatable bonds is 5. The molecule has 0 saturated heterocycles. The van der Waals surface area contributed by atoms with Gasteiger partial charge in [-0.2, -0.15) is 5.10 Å². The van der Waals surface area contributed by atoms with Gasteiger partial charge in [-0.3, -0.25) is 9.48 Å². The zero-order valence-corrected chi connectivity index (χ0v) is 11.5. The molecule has 0 radical (unpaired) electrons. The second-order valence-electron chi connectivity index (χ2n) is 4.29. The van der Waals surface area contributed by atoms with E-state index in [2.05, 4.69) is 11.7 Å². The highest BCUT2D eigenvalue weighted by atomic mass is 19.2. The molecule has 0 spiro atoms. The summed E-state index contributed by atoms with van der Waals surface area (Å²) in [6.07, 6.45) is 4.47. The van der Waals surface area contributed by atoms with Crippen molar-refractivity contribution in [2.75, 3.05) is 6.61 Å². The van der Waals surface area contributed by atoms with Crippen molar-refractivity contribution in [3.63, 3.8) is 0 Å². The highest BCUT2D eigenvalue weighted by Crippen LogP contribution is 2.26. The SMILES string of the molecule is C=Cc1cc(F)c(F)cc1-c1cnn(CC(=O)OCC)c1. The zero-order valence-electron chi connectivity index (χ0n) is 11.5. The van der Waals surface area contributed by atoms with Crippen molar-refractivity contribution in [2.45, 2.75) is 13.5 Å². The predicted octanol–water partition coefficient (Wildman–Crippen LogP) is 3.03. The Bertz CT molecular complexity index is 680. The Morgan fingerprint density at radius 2 is 2.14 bits per heavy atom. The van der Waals surface area contributed by atoms with Crippen molar-refractivity contribution < 1.29 is 18.3 Å². The first-order valence-corrected chi connectivity index (χ1v) is 6.35. The average Bonchev–Trinajstić information content (AvgIpc) is 2.89. The van der Waals surface area contributed by atoms with Gasteiger partial charge in [0, 0.05) is 11.8 Å². The first-order valence-electron chi connectivity index (χ1n) is 6.35. The molecule has 110 valence electrons. The van der Waals surface area contributed by atoms with Gasteiger partial charge in [0.15, 0.2) is 11.6 Å². The molecule has 0 atom stereocenters. The summed E-state index contributed by atoms with van der Waals surface area (Å²) in [5.41, 5.74) is 1.47. The van der Waals surface area contributed by atoms with Crippen molar-refractivity contribution in [2.24, 2.45) is 0 Å². The molecule has 0 amide bonds. The third kappa shape index (κ3) is 3.34. The molecule has 0 N–H and O–H groups in total. The molecular formula is C15H14F2N2O2. The summed E-state index contributed by atoms with van der Waals surface area (Å²) in [4.78, 5) is 11.4. The van der Waals surface area contributed by atoms with Crippen LogP contribution in [0.25, 0.3) is 17.2 Å². The van der Waals surface area contributed by atoms with E-state index in [9.17, 15) is 13.6 Å². The van der Waals surface area contributed by atoms with Gasteiger partial charge in [0.25, 0.3) is 0 Å². The quantitative estimate of drug-likeness (QED) is 0.796. The Hall–Kier alpha value is -2.50. The fraction of sp³-hybridized carbons (Fsp3) is 0.200. The molecule has 0 aliphatic carbocycles. The highest BCUT2D eigenvalue weighted by Gasteiger charge is 2.12. The van der Waals surface area contributed by atoms with Gasteiger partial charge in [0.2, 0.25) is 0 Å². The minimum atomic E-state index is -0.950. The molecule has 0 bridgehead atoms. The van der Waals surface area contributed by atoms with Crippen LogP contribution < -0.4 is 0 Å². The molecule has 0 aliphatic rings. The predicted molar refractivity (Wildman–Crippen MR) is 74.3 cm³/mol. The molecule has 21 heavy (non-hydrogen) atoms. The lowest BCUT2D eigenvalue weighted by atomic mass is 10.0. The van der Waals surface area contributed by atoms with E-state index < -0.39 is 17.6 Å². The molecule has 1 aromatic carbocycles. The zero-order chi connectivity index (χ0) is 15.4. The van der Waals surface area contributed by atoms with Crippen molar-refractivity contribution in [1.82, 2.24) is 9.78 Å². The maximum Gasteiger partial charge on any atom is 0.327 e. The smallest absolute Gasteiger partial charge is 0.327 e. The molecule has 0 fully saturated rings. The van der Waals surface area contributed by atoms with Crippen LogP contribution in [0.3, 0.4) is 0 Å². The second kappa shape index (κ2) is 6.30. The van der Waals surface area contributed by atoms with Gasteiger partial charge in [-0.15, -0.1) is 0 Å². The standard InChI is InChI=1S/C15H14F2N2O2/c1-3-10-5-13(16)14(17)6-12(10)11-7-18-19(8-11)9-15(20)21-4-2/h3,5-8H,1,4,9H2,2H3. The summed E-state index contributed by atoms with van der Waals surface area (Å²) in [5, 5.41) is 4.01. The lowest BCUT2D eigenvalue weighted by molar-refractivity contribution is -0.144. The van der Waals surface area contributed by atoms with Gasteiger partial charge in [-0.1, -0.05) is 12.7 Å². The minimum absolute atomic E-state index is 0.0407. The van der Waals surface area contributed by atoms with E-state index in [0.29, 0.717) is 16.7 Å². The third-order valence-corrected chi connectivity index (χ3v) is 2.85. The van der Waals surface area contributed by atoms with Crippen LogP contribution in [0.4, 0.5) is 8.78 Å². The number of aromatic nitrogens is 2. The number of halogens is 2. The van der Waals surface area contributed by atoms with Crippen molar-refractivity contribution >= 4 is 12.0 Å². The van der Waals surface area contributed by atoms with Gasteiger partial charge < -0.3 is 4.74 Å². The monoisotopic (exact) mass is 292 g/mol. The maximum absolute atomic E-state index is 13.4. The molecule has 6 heteroatoms. The topological polar surface area (TPSA) is 44.1 Å². The van der Waals surface area contributed by atoms with E-state index in [1.165, 1.54) is 17.0 Å². The Morgan fingerprint density at radius 3 is 2.81 bits per heavy atom. The molecule has 1 heterocycles. The van der Waals surface area contributed by atoms with Crippen LogP contribution in [0.5, 0.6) is 0 Å². The fourth-order valence-corrected chi connectivity index (χ4v) is 1.91. The van der Waals surface area contributed by atoms with Gasteiger partial charge >= 0.3 is 5.97 Å². The second-order valence-corrected chi connectivity index (χ2v) is 4.29. The number of carbonyl (C=O) groups is 1. The summed E-state index contributed by atoms with van der Waals surface area (Å²) >= 11 is 0.